The lowest BCUT2D eigenvalue weighted by Crippen LogP contribution is -2.37. The maximum atomic E-state index is 5.66. The number of ether oxygens (including phenoxy) is 1. The van der Waals surface area contributed by atoms with Crippen molar-refractivity contribution in [2.24, 2.45) is 5.92 Å². The van der Waals surface area contributed by atoms with Crippen molar-refractivity contribution in [1.29, 1.82) is 0 Å². The largest absolute Gasteiger partial charge is 0.378 e. The van der Waals surface area contributed by atoms with Crippen LogP contribution in [-0.4, -0.2) is 50.8 Å². The average molecular weight is 240 g/mol. The molecule has 0 saturated carbocycles. The van der Waals surface area contributed by atoms with Crippen LogP contribution in [0.2, 0.25) is 0 Å². The second kappa shape index (κ2) is 7.34. The van der Waals surface area contributed by atoms with Gasteiger partial charge in [-0.05, 0) is 77.7 Å². The molecule has 2 rings (SSSR count). The summed E-state index contributed by atoms with van der Waals surface area (Å²) in [6.07, 6.45) is 8.50. The van der Waals surface area contributed by atoms with Crippen LogP contribution < -0.4 is 5.32 Å². The predicted octanol–water partition coefficient (Wildman–Crippen LogP) is 1.88. The first-order chi connectivity index (χ1) is 8.38. The quantitative estimate of drug-likeness (QED) is 0.767. The third-order valence-corrected chi connectivity index (χ3v) is 4.22. The number of rotatable bonds is 6. The minimum Gasteiger partial charge on any atom is -0.378 e. The lowest BCUT2D eigenvalue weighted by Gasteiger charge is -2.32. The molecule has 0 aliphatic carbocycles. The number of hydrogen-bond donors (Lipinski definition) is 1. The van der Waals surface area contributed by atoms with Crippen molar-refractivity contribution in [3.8, 4) is 0 Å². The van der Waals surface area contributed by atoms with Crippen molar-refractivity contribution >= 4 is 0 Å². The summed E-state index contributed by atoms with van der Waals surface area (Å²) in [6, 6.07) is 0. The second-order valence-electron chi connectivity index (χ2n) is 5.62. The van der Waals surface area contributed by atoms with E-state index < -0.39 is 0 Å². The Labute approximate surface area is 106 Å². The minimum atomic E-state index is 0.580. The summed E-state index contributed by atoms with van der Waals surface area (Å²) in [6.45, 7) is 6.09. The summed E-state index contributed by atoms with van der Waals surface area (Å²) in [5, 5.41) is 3.30. The van der Waals surface area contributed by atoms with Gasteiger partial charge in [-0.2, -0.15) is 0 Å². The smallest absolute Gasteiger partial charge is 0.0576 e. The number of piperidine rings is 1. The van der Waals surface area contributed by atoms with E-state index in [1.807, 2.05) is 0 Å². The summed E-state index contributed by atoms with van der Waals surface area (Å²) < 4.78 is 5.66. The molecule has 1 atom stereocenters. The zero-order valence-corrected chi connectivity index (χ0v) is 11.3. The molecule has 0 aromatic carbocycles. The van der Waals surface area contributed by atoms with Gasteiger partial charge >= 0.3 is 0 Å². The van der Waals surface area contributed by atoms with Crippen molar-refractivity contribution in [1.82, 2.24) is 10.2 Å². The van der Waals surface area contributed by atoms with Crippen LogP contribution in [0.4, 0.5) is 0 Å². The fraction of sp³-hybridized carbons (Fsp3) is 1.00. The maximum absolute atomic E-state index is 5.66. The highest BCUT2D eigenvalue weighted by atomic mass is 16.5. The van der Waals surface area contributed by atoms with Crippen LogP contribution in [0.15, 0.2) is 0 Å². The van der Waals surface area contributed by atoms with Gasteiger partial charge in [0.25, 0.3) is 0 Å². The van der Waals surface area contributed by atoms with E-state index in [9.17, 15) is 0 Å². The SMILES string of the molecule is CNCC1CCN(CCCC2CCCO2)CC1. The van der Waals surface area contributed by atoms with Gasteiger partial charge in [0.2, 0.25) is 0 Å². The molecule has 0 aromatic rings. The molecule has 100 valence electrons. The highest BCUT2D eigenvalue weighted by molar-refractivity contribution is 4.74. The molecule has 2 fully saturated rings. The van der Waals surface area contributed by atoms with E-state index >= 15 is 0 Å². The van der Waals surface area contributed by atoms with Gasteiger partial charge in [-0.1, -0.05) is 0 Å². The second-order valence-corrected chi connectivity index (χ2v) is 5.62. The van der Waals surface area contributed by atoms with E-state index in [4.69, 9.17) is 4.74 Å². The number of nitrogens with zero attached hydrogens (tertiary/aromatic N) is 1. The van der Waals surface area contributed by atoms with Crippen molar-refractivity contribution in [2.45, 2.75) is 44.6 Å². The van der Waals surface area contributed by atoms with Gasteiger partial charge in [-0.3, -0.25) is 0 Å². The molecule has 0 aromatic heterocycles. The Kier molecular flexibility index (Phi) is 5.75. The van der Waals surface area contributed by atoms with Crippen LogP contribution in [0.5, 0.6) is 0 Å². The number of likely N-dealkylation sites (tertiary alicyclic amines) is 1. The normalized spacial score (nSPS) is 27.7. The van der Waals surface area contributed by atoms with Gasteiger partial charge in [0.1, 0.15) is 0 Å². The molecule has 2 heterocycles. The van der Waals surface area contributed by atoms with E-state index in [0.29, 0.717) is 6.10 Å². The van der Waals surface area contributed by atoms with Gasteiger partial charge < -0.3 is 15.0 Å². The van der Waals surface area contributed by atoms with Crippen LogP contribution >= 0.6 is 0 Å². The molecular weight excluding hydrogens is 212 g/mol. The Bertz CT molecular complexity index is 196. The number of hydrogen-bond acceptors (Lipinski definition) is 3. The highest BCUT2D eigenvalue weighted by Crippen LogP contribution is 2.19. The molecule has 3 heteroatoms. The summed E-state index contributed by atoms with van der Waals surface area (Å²) in [4.78, 5) is 2.64. The fourth-order valence-electron chi connectivity index (χ4n) is 3.12. The number of nitrogens with one attached hydrogen (secondary N) is 1. The van der Waals surface area contributed by atoms with Crippen molar-refractivity contribution < 1.29 is 4.74 Å². The van der Waals surface area contributed by atoms with Crippen molar-refractivity contribution in [3.05, 3.63) is 0 Å². The molecule has 2 aliphatic heterocycles. The minimum absolute atomic E-state index is 0.580. The molecule has 1 N–H and O–H groups in total. The molecular formula is C14H28N2O. The summed E-state index contributed by atoms with van der Waals surface area (Å²) in [7, 11) is 2.06. The first-order valence-corrected chi connectivity index (χ1v) is 7.37. The lowest BCUT2D eigenvalue weighted by atomic mass is 9.96. The standard InChI is InChI=1S/C14H28N2O/c1-15-12-13-6-9-16(10-7-13)8-2-4-14-5-3-11-17-14/h13-15H,2-12H2,1H3. The summed E-state index contributed by atoms with van der Waals surface area (Å²) in [5.74, 6) is 0.911. The molecule has 2 saturated heterocycles. The Balaban J connectivity index is 1.52. The van der Waals surface area contributed by atoms with E-state index in [2.05, 4.69) is 17.3 Å². The van der Waals surface area contributed by atoms with Gasteiger partial charge in [-0.15, -0.1) is 0 Å². The Morgan fingerprint density at radius 2 is 2.06 bits per heavy atom. The third-order valence-electron chi connectivity index (χ3n) is 4.22. The predicted molar refractivity (Wildman–Crippen MR) is 71.3 cm³/mol. The van der Waals surface area contributed by atoms with Gasteiger partial charge in [0, 0.05) is 6.61 Å². The maximum Gasteiger partial charge on any atom is 0.0576 e. The summed E-state index contributed by atoms with van der Waals surface area (Å²) in [5.41, 5.74) is 0. The van der Waals surface area contributed by atoms with Crippen LogP contribution in [0.25, 0.3) is 0 Å². The molecule has 1 unspecified atom stereocenters. The Morgan fingerprint density at radius 3 is 2.71 bits per heavy atom. The van der Waals surface area contributed by atoms with Gasteiger partial charge in [0.15, 0.2) is 0 Å². The third kappa shape index (κ3) is 4.57. The van der Waals surface area contributed by atoms with E-state index in [-0.39, 0.29) is 0 Å². The molecule has 0 bridgehead atoms. The van der Waals surface area contributed by atoms with Crippen molar-refractivity contribution in [3.63, 3.8) is 0 Å². The van der Waals surface area contributed by atoms with E-state index in [0.717, 1.165) is 12.5 Å². The average Bonchev–Trinajstić information content (AvgIpc) is 2.85. The van der Waals surface area contributed by atoms with Crippen LogP contribution in [0.1, 0.15) is 38.5 Å². The first kappa shape index (κ1) is 13.3. The highest BCUT2D eigenvalue weighted by Gasteiger charge is 2.19. The zero-order chi connectivity index (χ0) is 11.9. The van der Waals surface area contributed by atoms with Crippen LogP contribution in [0, 0.1) is 5.92 Å². The topological polar surface area (TPSA) is 24.5 Å². The molecule has 0 radical (unpaired) electrons. The van der Waals surface area contributed by atoms with E-state index in [1.54, 1.807) is 0 Å². The molecule has 17 heavy (non-hydrogen) atoms. The first-order valence-electron chi connectivity index (χ1n) is 7.37. The Hall–Kier alpha value is -0.120. The van der Waals surface area contributed by atoms with Crippen LogP contribution in [-0.2, 0) is 4.74 Å². The lowest BCUT2D eigenvalue weighted by molar-refractivity contribution is 0.0960. The van der Waals surface area contributed by atoms with Crippen LogP contribution in [0.3, 0.4) is 0 Å². The fourth-order valence-corrected chi connectivity index (χ4v) is 3.12. The molecule has 0 spiro atoms. The molecule has 3 nitrogen and oxygen atoms in total. The molecule has 0 amide bonds. The zero-order valence-electron chi connectivity index (χ0n) is 11.3. The molecule has 2 aliphatic rings. The summed E-state index contributed by atoms with van der Waals surface area (Å²) >= 11 is 0. The monoisotopic (exact) mass is 240 g/mol. The van der Waals surface area contributed by atoms with Gasteiger partial charge in [0.05, 0.1) is 6.10 Å². The van der Waals surface area contributed by atoms with Gasteiger partial charge in [-0.25, -0.2) is 0 Å². The Morgan fingerprint density at radius 1 is 1.24 bits per heavy atom. The van der Waals surface area contributed by atoms with Crippen molar-refractivity contribution in [2.75, 3.05) is 39.8 Å². The van der Waals surface area contributed by atoms with E-state index in [1.165, 1.54) is 64.7 Å².